The highest BCUT2D eigenvalue weighted by Crippen LogP contribution is 2.38. The van der Waals surface area contributed by atoms with E-state index < -0.39 is 0 Å². The molecule has 5 nitrogen and oxygen atoms in total. The quantitative estimate of drug-likeness (QED) is 0.702. The molecule has 2 atom stereocenters. The topological polar surface area (TPSA) is 58.1 Å². The normalized spacial score (nSPS) is 25.7. The number of nitrogens with one attached hydrogen (secondary N) is 1. The van der Waals surface area contributed by atoms with Gasteiger partial charge in [-0.1, -0.05) is 12.1 Å². The van der Waals surface area contributed by atoms with Crippen molar-refractivity contribution in [3.63, 3.8) is 0 Å². The molecule has 1 N–H and O–H groups in total. The average molecular weight is 405 g/mol. The first-order chi connectivity index (χ1) is 14.3. The Balaban J connectivity index is 1.34. The number of hydrogen-bond acceptors (Lipinski definition) is 5. The molecule has 6 rings (SSSR count). The number of aromatic nitrogens is 2. The van der Waals surface area contributed by atoms with E-state index in [4.69, 9.17) is 0 Å². The Labute approximate surface area is 174 Å². The highest BCUT2D eigenvalue weighted by molar-refractivity contribution is 7.17. The van der Waals surface area contributed by atoms with Crippen molar-refractivity contribution in [3.8, 4) is 10.6 Å². The molecule has 3 aliphatic heterocycles. The molecule has 0 saturated carbocycles. The molecule has 3 fully saturated rings. The molecule has 3 aromatic heterocycles. The van der Waals surface area contributed by atoms with Crippen LogP contribution in [-0.2, 0) is 6.42 Å². The summed E-state index contributed by atoms with van der Waals surface area (Å²) in [5.41, 5.74) is 2.16. The summed E-state index contributed by atoms with van der Waals surface area (Å²) in [6, 6.07) is 13.9. The molecule has 3 aromatic rings. The van der Waals surface area contributed by atoms with Crippen molar-refractivity contribution >= 4 is 17.2 Å². The molecule has 3 aliphatic rings. The number of amides is 1. The largest absolute Gasteiger partial charge is 0.335 e. The standard InChI is InChI=1S/C23H24N4OS/c28-23(21-7-6-20(29-21)19-5-1-2-11-25-19)26-22-18(14-16-4-3-10-24-15-16)17-8-12-27(22)13-9-17/h1-7,10-11,15,17-18,22H,8-9,12-14H2,(H,26,28)/t18-,22-/m1/s1. The number of rotatable bonds is 5. The Morgan fingerprint density at radius 3 is 2.76 bits per heavy atom. The number of carbonyl (C=O) groups is 1. The number of pyridine rings is 2. The number of hydrogen-bond donors (Lipinski definition) is 1. The van der Waals surface area contributed by atoms with Crippen LogP contribution in [0.4, 0.5) is 0 Å². The van der Waals surface area contributed by atoms with Gasteiger partial charge in [-0.05, 0) is 67.0 Å². The molecule has 0 unspecified atom stereocenters. The van der Waals surface area contributed by atoms with E-state index in [0.29, 0.717) is 11.8 Å². The van der Waals surface area contributed by atoms with Crippen molar-refractivity contribution in [2.75, 3.05) is 13.1 Å². The monoisotopic (exact) mass is 404 g/mol. The number of carbonyl (C=O) groups excluding carboxylic acids is 1. The van der Waals surface area contributed by atoms with E-state index in [1.54, 1.807) is 6.20 Å². The summed E-state index contributed by atoms with van der Waals surface area (Å²) in [5.74, 6) is 1.12. The first-order valence-electron chi connectivity index (χ1n) is 10.2. The summed E-state index contributed by atoms with van der Waals surface area (Å²) in [6.07, 6.45) is 9.05. The van der Waals surface area contributed by atoms with E-state index in [0.717, 1.165) is 35.0 Å². The molecule has 6 heterocycles. The van der Waals surface area contributed by atoms with Crippen LogP contribution < -0.4 is 5.32 Å². The molecule has 6 heteroatoms. The van der Waals surface area contributed by atoms with E-state index >= 15 is 0 Å². The molecular weight excluding hydrogens is 380 g/mol. The van der Waals surface area contributed by atoms with Gasteiger partial charge in [0.2, 0.25) is 0 Å². The lowest BCUT2D eigenvalue weighted by atomic mass is 9.74. The van der Waals surface area contributed by atoms with Crippen molar-refractivity contribution in [1.29, 1.82) is 0 Å². The Hall–Kier alpha value is -2.57. The van der Waals surface area contributed by atoms with Crippen LogP contribution in [0.1, 0.15) is 28.1 Å². The maximum absolute atomic E-state index is 13.1. The molecule has 0 spiro atoms. The number of piperidine rings is 3. The fourth-order valence-corrected chi connectivity index (χ4v) is 5.62. The highest BCUT2D eigenvalue weighted by Gasteiger charge is 2.42. The van der Waals surface area contributed by atoms with Crippen LogP contribution in [0.5, 0.6) is 0 Å². The number of nitrogens with zero attached hydrogens (tertiary/aromatic N) is 3. The van der Waals surface area contributed by atoms with Crippen LogP contribution in [0, 0.1) is 11.8 Å². The summed E-state index contributed by atoms with van der Waals surface area (Å²) in [7, 11) is 0. The predicted molar refractivity (Wildman–Crippen MR) is 115 cm³/mol. The molecule has 0 aromatic carbocycles. The number of fused-ring (bicyclic) bond motifs is 3. The maximum Gasteiger partial charge on any atom is 0.262 e. The fraction of sp³-hybridized carbons (Fsp3) is 0.348. The van der Waals surface area contributed by atoms with Crippen molar-refractivity contribution < 1.29 is 4.79 Å². The van der Waals surface area contributed by atoms with E-state index in [2.05, 4.69) is 26.3 Å². The third kappa shape index (κ3) is 3.82. The van der Waals surface area contributed by atoms with Gasteiger partial charge in [0.15, 0.2) is 0 Å². The Morgan fingerprint density at radius 2 is 2.00 bits per heavy atom. The molecular formula is C23H24N4OS. The third-order valence-corrected chi connectivity index (χ3v) is 7.31. The van der Waals surface area contributed by atoms with Gasteiger partial charge >= 0.3 is 0 Å². The first-order valence-corrected chi connectivity index (χ1v) is 11.0. The molecule has 0 aliphatic carbocycles. The molecule has 3 saturated heterocycles. The van der Waals surface area contributed by atoms with Crippen LogP contribution in [0.25, 0.3) is 10.6 Å². The van der Waals surface area contributed by atoms with Crippen LogP contribution in [0.2, 0.25) is 0 Å². The lowest BCUT2D eigenvalue weighted by Crippen LogP contribution is -2.62. The van der Waals surface area contributed by atoms with Gasteiger partial charge in [0.25, 0.3) is 5.91 Å². The van der Waals surface area contributed by atoms with Crippen molar-refractivity contribution in [1.82, 2.24) is 20.2 Å². The Morgan fingerprint density at radius 1 is 1.10 bits per heavy atom. The van der Waals surface area contributed by atoms with Crippen molar-refractivity contribution in [2.45, 2.75) is 25.4 Å². The SMILES string of the molecule is O=C(N[C@H]1[C@H](Cc2cccnc2)C2CCN1CC2)c1ccc(-c2ccccn2)s1. The van der Waals surface area contributed by atoms with Gasteiger partial charge in [-0.15, -0.1) is 11.3 Å². The molecule has 29 heavy (non-hydrogen) atoms. The van der Waals surface area contributed by atoms with Crippen LogP contribution in [0.15, 0.2) is 61.1 Å². The summed E-state index contributed by atoms with van der Waals surface area (Å²) < 4.78 is 0. The average Bonchev–Trinajstić information content (AvgIpc) is 3.28. The fourth-order valence-electron chi connectivity index (χ4n) is 4.73. The molecule has 0 radical (unpaired) electrons. The van der Waals surface area contributed by atoms with Gasteiger partial charge in [0.05, 0.1) is 21.6 Å². The summed E-state index contributed by atoms with van der Waals surface area (Å²) in [4.78, 5) is 26.0. The van der Waals surface area contributed by atoms with Gasteiger partial charge in [-0.25, -0.2) is 0 Å². The van der Waals surface area contributed by atoms with Crippen LogP contribution >= 0.6 is 11.3 Å². The minimum absolute atomic E-state index is 0.0194. The predicted octanol–water partition coefficient (Wildman–Crippen LogP) is 3.85. The van der Waals surface area contributed by atoms with Gasteiger partial charge < -0.3 is 5.32 Å². The minimum Gasteiger partial charge on any atom is -0.335 e. The second-order valence-electron chi connectivity index (χ2n) is 7.90. The smallest absolute Gasteiger partial charge is 0.262 e. The maximum atomic E-state index is 13.1. The second kappa shape index (κ2) is 8.05. The van der Waals surface area contributed by atoms with E-state index in [1.165, 1.54) is 29.7 Å². The minimum atomic E-state index is 0.0194. The Kier molecular flexibility index (Phi) is 5.12. The lowest BCUT2D eigenvalue weighted by Gasteiger charge is -2.51. The van der Waals surface area contributed by atoms with Gasteiger partial charge in [-0.2, -0.15) is 0 Å². The van der Waals surface area contributed by atoms with Crippen LogP contribution in [-0.4, -0.2) is 40.0 Å². The summed E-state index contributed by atoms with van der Waals surface area (Å²) in [6.45, 7) is 2.14. The van der Waals surface area contributed by atoms with Crippen molar-refractivity contribution in [3.05, 3.63) is 71.5 Å². The van der Waals surface area contributed by atoms with Gasteiger partial charge in [0.1, 0.15) is 0 Å². The van der Waals surface area contributed by atoms with E-state index in [1.807, 2.05) is 48.8 Å². The number of thiophene rings is 1. The lowest BCUT2D eigenvalue weighted by molar-refractivity contribution is -0.0233. The summed E-state index contributed by atoms with van der Waals surface area (Å²) in [5, 5.41) is 3.36. The first kappa shape index (κ1) is 18.5. The zero-order chi connectivity index (χ0) is 19.6. The van der Waals surface area contributed by atoms with Gasteiger partial charge in [-0.3, -0.25) is 19.7 Å². The van der Waals surface area contributed by atoms with Gasteiger partial charge in [0, 0.05) is 31.7 Å². The zero-order valence-corrected chi connectivity index (χ0v) is 17.0. The zero-order valence-electron chi connectivity index (χ0n) is 16.2. The third-order valence-electron chi connectivity index (χ3n) is 6.20. The molecule has 1 amide bonds. The Bertz CT molecular complexity index is 967. The molecule has 148 valence electrons. The van der Waals surface area contributed by atoms with E-state index in [9.17, 15) is 4.79 Å². The molecule has 2 bridgehead atoms. The second-order valence-corrected chi connectivity index (χ2v) is 8.98. The van der Waals surface area contributed by atoms with Crippen LogP contribution in [0.3, 0.4) is 0 Å². The summed E-state index contributed by atoms with van der Waals surface area (Å²) >= 11 is 1.50. The van der Waals surface area contributed by atoms with Crippen molar-refractivity contribution in [2.24, 2.45) is 11.8 Å². The highest BCUT2D eigenvalue weighted by atomic mass is 32.1. The van der Waals surface area contributed by atoms with E-state index in [-0.39, 0.29) is 12.1 Å².